The average molecular weight is 154 g/mol. The second kappa shape index (κ2) is 4.31. The molecule has 0 bridgehead atoms. The zero-order valence-electron chi connectivity index (χ0n) is 6.66. The van der Waals surface area contributed by atoms with Crippen LogP contribution in [0, 0.1) is 0 Å². The Morgan fingerprint density at radius 1 is 1.27 bits per heavy atom. The molecule has 2 nitrogen and oxygen atoms in total. The summed E-state index contributed by atoms with van der Waals surface area (Å²) in [6, 6.07) is 0. The topological polar surface area (TPSA) is 18.5 Å². The summed E-state index contributed by atoms with van der Waals surface area (Å²) in [6.45, 7) is 7.94. The maximum Gasteiger partial charge on any atom is 0.161 e. The van der Waals surface area contributed by atoms with Crippen molar-refractivity contribution in [3.63, 3.8) is 0 Å². The standard InChI is InChI=1S/C9H14O2/c1-3-5-8-7-10-9(11-8)6-4-2/h3-4,8-9H,1-2,5-7H2. The highest BCUT2D eigenvalue weighted by atomic mass is 16.7. The number of rotatable bonds is 4. The smallest absolute Gasteiger partial charge is 0.161 e. The highest BCUT2D eigenvalue weighted by Gasteiger charge is 2.23. The van der Waals surface area contributed by atoms with E-state index in [1.165, 1.54) is 0 Å². The summed E-state index contributed by atoms with van der Waals surface area (Å²) < 4.78 is 10.8. The zero-order valence-corrected chi connectivity index (χ0v) is 6.66. The zero-order chi connectivity index (χ0) is 8.10. The summed E-state index contributed by atoms with van der Waals surface area (Å²) in [5.41, 5.74) is 0. The van der Waals surface area contributed by atoms with Crippen molar-refractivity contribution in [2.45, 2.75) is 25.2 Å². The van der Waals surface area contributed by atoms with Crippen LogP contribution in [0.5, 0.6) is 0 Å². The minimum atomic E-state index is -0.0718. The van der Waals surface area contributed by atoms with Crippen molar-refractivity contribution in [3.8, 4) is 0 Å². The number of hydrogen-bond acceptors (Lipinski definition) is 2. The Morgan fingerprint density at radius 2 is 2.00 bits per heavy atom. The van der Waals surface area contributed by atoms with Gasteiger partial charge in [-0.1, -0.05) is 12.2 Å². The Kier molecular flexibility index (Phi) is 3.33. The SMILES string of the molecule is C=CCC1COC(CC=C)O1. The molecule has 1 rings (SSSR count). The molecule has 62 valence electrons. The fourth-order valence-electron chi connectivity index (χ4n) is 1.08. The molecule has 0 N–H and O–H groups in total. The van der Waals surface area contributed by atoms with Gasteiger partial charge in [0.15, 0.2) is 6.29 Å². The summed E-state index contributed by atoms with van der Waals surface area (Å²) in [6.07, 6.45) is 5.43. The van der Waals surface area contributed by atoms with Crippen LogP contribution in [-0.2, 0) is 9.47 Å². The highest BCUT2D eigenvalue weighted by molar-refractivity contribution is 4.78. The van der Waals surface area contributed by atoms with Gasteiger partial charge < -0.3 is 9.47 Å². The number of hydrogen-bond donors (Lipinski definition) is 0. The van der Waals surface area contributed by atoms with Gasteiger partial charge in [0.1, 0.15) is 0 Å². The van der Waals surface area contributed by atoms with Crippen LogP contribution in [0.2, 0.25) is 0 Å². The molecule has 0 aliphatic carbocycles. The van der Waals surface area contributed by atoms with Gasteiger partial charge in [-0.15, -0.1) is 13.2 Å². The molecule has 0 radical (unpaired) electrons. The molecular weight excluding hydrogens is 140 g/mol. The second-order valence-corrected chi connectivity index (χ2v) is 2.57. The first kappa shape index (κ1) is 8.50. The van der Waals surface area contributed by atoms with Crippen LogP contribution in [0.15, 0.2) is 25.3 Å². The lowest BCUT2D eigenvalue weighted by Gasteiger charge is -2.06. The van der Waals surface area contributed by atoms with Crippen molar-refractivity contribution in [2.75, 3.05) is 6.61 Å². The van der Waals surface area contributed by atoms with E-state index in [-0.39, 0.29) is 12.4 Å². The van der Waals surface area contributed by atoms with Crippen LogP contribution in [0.4, 0.5) is 0 Å². The minimum Gasteiger partial charge on any atom is -0.350 e. The van der Waals surface area contributed by atoms with Gasteiger partial charge >= 0.3 is 0 Å². The van der Waals surface area contributed by atoms with E-state index in [0.717, 1.165) is 12.8 Å². The van der Waals surface area contributed by atoms with E-state index < -0.39 is 0 Å². The highest BCUT2D eigenvalue weighted by Crippen LogP contribution is 2.16. The van der Waals surface area contributed by atoms with Gasteiger partial charge in [0.05, 0.1) is 12.7 Å². The van der Waals surface area contributed by atoms with Gasteiger partial charge in [0, 0.05) is 6.42 Å². The lowest BCUT2D eigenvalue weighted by molar-refractivity contribution is -0.0531. The van der Waals surface area contributed by atoms with E-state index in [2.05, 4.69) is 13.2 Å². The predicted octanol–water partition coefficient (Wildman–Crippen LogP) is 1.88. The van der Waals surface area contributed by atoms with Crippen LogP contribution in [0.25, 0.3) is 0 Å². The summed E-state index contributed by atoms with van der Waals surface area (Å²) in [7, 11) is 0. The van der Waals surface area contributed by atoms with E-state index in [1.54, 1.807) is 6.08 Å². The summed E-state index contributed by atoms with van der Waals surface area (Å²) in [5, 5.41) is 0. The molecule has 11 heavy (non-hydrogen) atoms. The summed E-state index contributed by atoms with van der Waals surface area (Å²) in [5.74, 6) is 0. The van der Waals surface area contributed by atoms with Crippen molar-refractivity contribution in [1.29, 1.82) is 0 Å². The number of ether oxygens (including phenoxy) is 2. The first-order valence-electron chi connectivity index (χ1n) is 3.85. The normalized spacial score (nSPS) is 30.2. The van der Waals surface area contributed by atoms with Crippen molar-refractivity contribution >= 4 is 0 Å². The van der Waals surface area contributed by atoms with E-state index in [9.17, 15) is 0 Å². The molecule has 0 aromatic carbocycles. The molecule has 0 aromatic heterocycles. The Balaban J connectivity index is 2.22. The predicted molar refractivity (Wildman–Crippen MR) is 44.2 cm³/mol. The van der Waals surface area contributed by atoms with Crippen LogP contribution < -0.4 is 0 Å². The molecule has 2 heteroatoms. The van der Waals surface area contributed by atoms with Gasteiger partial charge in [-0.2, -0.15) is 0 Å². The Bertz CT molecular complexity index is 126. The Morgan fingerprint density at radius 3 is 2.64 bits per heavy atom. The van der Waals surface area contributed by atoms with E-state index in [1.807, 2.05) is 6.08 Å². The monoisotopic (exact) mass is 154 g/mol. The molecule has 0 spiro atoms. The third-order valence-corrected chi connectivity index (χ3v) is 1.60. The maximum atomic E-state index is 5.48. The van der Waals surface area contributed by atoms with Crippen LogP contribution in [0.3, 0.4) is 0 Å². The summed E-state index contributed by atoms with van der Waals surface area (Å²) in [4.78, 5) is 0. The Hall–Kier alpha value is -0.600. The molecule has 2 atom stereocenters. The van der Waals surface area contributed by atoms with Crippen molar-refractivity contribution in [1.82, 2.24) is 0 Å². The third-order valence-electron chi connectivity index (χ3n) is 1.60. The van der Waals surface area contributed by atoms with E-state index >= 15 is 0 Å². The molecule has 0 saturated carbocycles. The molecule has 1 saturated heterocycles. The maximum absolute atomic E-state index is 5.48. The Labute approximate surface area is 67.5 Å². The van der Waals surface area contributed by atoms with Gasteiger partial charge in [0.2, 0.25) is 0 Å². The van der Waals surface area contributed by atoms with Gasteiger partial charge in [-0.25, -0.2) is 0 Å². The second-order valence-electron chi connectivity index (χ2n) is 2.57. The molecule has 1 aliphatic heterocycles. The first-order chi connectivity index (χ1) is 5.36. The van der Waals surface area contributed by atoms with Crippen molar-refractivity contribution in [3.05, 3.63) is 25.3 Å². The molecule has 1 fully saturated rings. The average Bonchev–Trinajstić information content (AvgIpc) is 2.38. The van der Waals surface area contributed by atoms with Crippen molar-refractivity contribution < 1.29 is 9.47 Å². The van der Waals surface area contributed by atoms with E-state index in [4.69, 9.17) is 9.47 Å². The lowest BCUT2D eigenvalue weighted by atomic mass is 10.3. The van der Waals surface area contributed by atoms with Gasteiger partial charge in [-0.05, 0) is 6.42 Å². The quantitative estimate of drug-likeness (QED) is 0.575. The minimum absolute atomic E-state index is 0.0718. The third kappa shape index (κ3) is 2.48. The van der Waals surface area contributed by atoms with Crippen LogP contribution in [0.1, 0.15) is 12.8 Å². The molecule has 0 amide bonds. The fraction of sp³-hybridized carbons (Fsp3) is 0.556. The van der Waals surface area contributed by atoms with Crippen LogP contribution in [-0.4, -0.2) is 19.0 Å². The molecule has 1 heterocycles. The van der Waals surface area contributed by atoms with Crippen molar-refractivity contribution in [2.24, 2.45) is 0 Å². The molecular formula is C9H14O2. The van der Waals surface area contributed by atoms with Crippen LogP contribution >= 0.6 is 0 Å². The van der Waals surface area contributed by atoms with E-state index in [0.29, 0.717) is 6.61 Å². The van der Waals surface area contributed by atoms with Gasteiger partial charge in [-0.3, -0.25) is 0 Å². The molecule has 2 unspecified atom stereocenters. The fourth-order valence-corrected chi connectivity index (χ4v) is 1.08. The summed E-state index contributed by atoms with van der Waals surface area (Å²) >= 11 is 0. The molecule has 0 aromatic rings. The lowest BCUT2D eigenvalue weighted by Crippen LogP contribution is -2.10. The largest absolute Gasteiger partial charge is 0.350 e. The molecule has 1 aliphatic rings. The first-order valence-corrected chi connectivity index (χ1v) is 3.85. The van der Waals surface area contributed by atoms with Gasteiger partial charge in [0.25, 0.3) is 0 Å².